The molecule has 37 heavy (non-hydrogen) atoms. The minimum absolute atomic E-state index is 0.0612. The second-order valence-electron chi connectivity index (χ2n) is 9.63. The van der Waals surface area contributed by atoms with E-state index in [0.717, 1.165) is 29.3 Å². The number of halogens is 1. The lowest BCUT2D eigenvalue weighted by molar-refractivity contribution is 0.0490. The lowest BCUT2D eigenvalue weighted by Gasteiger charge is -2.27. The van der Waals surface area contributed by atoms with Crippen molar-refractivity contribution in [1.82, 2.24) is 4.90 Å². The second kappa shape index (κ2) is 11.9. The largest absolute Gasteiger partial charge is 0.492 e. The van der Waals surface area contributed by atoms with Gasteiger partial charge in [0.05, 0.1) is 17.2 Å². The summed E-state index contributed by atoms with van der Waals surface area (Å²) in [5.41, 5.74) is -0.460. The second-order valence-corrected chi connectivity index (χ2v) is 11.5. The van der Waals surface area contributed by atoms with Crippen molar-refractivity contribution in [2.24, 2.45) is 11.8 Å². The Morgan fingerprint density at radius 1 is 1.14 bits per heavy atom. The van der Waals surface area contributed by atoms with Crippen molar-refractivity contribution >= 4 is 27.6 Å². The van der Waals surface area contributed by atoms with Gasteiger partial charge in [0.1, 0.15) is 17.1 Å². The summed E-state index contributed by atoms with van der Waals surface area (Å²) in [6.45, 7) is 5.01. The van der Waals surface area contributed by atoms with Crippen LogP contribution in [0.5, 0.6) is 5.75 Å². The van der Waals surface area contributed by atoms with Crippen molar-refractivity contribution < 1.29 is 37.0 Å². The smallest absolute Gasteiger partial charge is 0.339 e. The van der Waals surface area contributed by atoms with Crippen LogP contribution in [0.4, 0.5) is 10.1 Å². The Morgan fingerprint density at radius 2 is 1.81 bits per heavy atom. The molecule has 1 amide bonds. The number of nitrogens with zero attached hydrogens (tertiary/aromatic N) is 2. The quantitative estimate of drug-likeness (QED) is 0.490. The molecule has 2 aromatic rings. The van der Waals surface area contributed by atoms with Crippen LogP contribution in [0, 0.1) is 17.7 Å². The number of hydrogen-bond donors (Lipinski definition) is 1. The van der Waals surface area contributed by atoms with Gasteiger partial charge in [0, 0.05) is 39.4 Å². The number of hydrogen-bond acceptors (Lipinski definition) is 6. The molecular weight excluding hydrogens is 503 g/mol. The Balaban J connectivity index is 1.97. The number of carboxylic acids is 1. The van der Waals surface area contributed by atoms with Crippen LogP contribution < -0.4 is 9.04 Å². The molecule has 3 rings (SSSR count). The first-order valence-electron chi connectivity index (χ1n) is 12.0. The van der Waals surface area contributed by atoms with Crippen LogP contribution in [0.1, 0.15) is 47.4 Å². The fourth-order valence-corrected chi connectivity index (χ4v) is 5.63. The van der Waals surface area contributed by atoms with Crippen molar-refractivity contribution in [3.63, 3.8) is 0 Å². The van der Waals surface area contributed by atoms with Crippen LogP contribution in [-0.4, -0.2) is 70.8 Å². The molecule has 1 saturated heterocycles. The first-order chi connectivity index (χ1) is 17.4. The van der Waals surface area contributed by atoms with E-state index in [1.54, 1.807) is 13.8 Å². The van der Waals surface area contributed by atoms with Gasteiger partial charge in [-0.3, -0.25) is 9.10 Å². The molecule has 202 valence electrons. The average Bonchev–Trinajstić information content (AvgIpc) is 2.86. The number of ether oxygens (including phenoxy) is 2. The van der Waals surface area contributed by atoms with Gasteiger partial charge in [-0.2, -0.15) is 0 Å². The molecular formula is C26H33FN2O7S. The summed E-state index contributed by atoms with van der Waals surface area (Å²) in [7, 11) is -1.31. The summed E-state index contributed by atoms with van der Waals surface area (Å²) in [5, 5.41) is 9.76. The number of benzene rings is 2. The maximum Gasteiger partial charge on any atom is 0.339 e. The highest BCUT2D eigenvalue weighted by atomic mass is 32.2. The number of carbonyl (C=O) groups excluding carboxylic acids is 1. The number of amides is 1. The summed E-state index contributed by atoms with van der Waals surface area (Å²) < 4.78 is 54.5. The van der Waals surface area contributed by atoms with Gasteiger partial charge in [-0.05, 0) is 61.1 Å². The van der Waals surface area contributed by atoms with Gasteiger partial charge < -0.3 is 19.5 Å². The fraction of sp³-hybridized carbons (Fsp3) is 0.462. The van der Waals surface area contributed by atoms with Gasteiger partial charge in [0.2, 0.25) is 0 Å². The van der Waals surface area contributed by atoms with Crippen LogP contribution in [-0.2, 0) is 14.8 Å². The highest BCUT2D eigenvalue weighted by Crippen LogP contribution is 2.31. The van der Waals surface area contributed by atoms with E-state index in [4.69, 9.17) is 9.47 Å². The van der Waals surface area contributed by atoms with Crippen molar-refractivity contribution in [1.29, 1.82) is 0 Å². The Hall–Kier alpha value is -3.18. The molecule has 0 bridgehead atoms. The summed E-state index contributed by atoms with van der Waals surface area (Å²) in [6, 6.07) is 7.21. The lowest BCUT2D eigenvalue weighted by Crippen LogP contribution is -2.35. The third-order valence-corrected chi connectivity index (χ3v) is 7.76. The third-order valence-electron chi connectivity index (χ3n) is 5.99. The van der Waals surface area contributed by atoms with Gasteiger partial charge in [-0.25, -0.2) is 17.6 Å². The number of carboxylic acid groups (broad SMARTS) is 1. The maximum absolute atomic E-state index is 15.2. The minimum atomic E-state index is -4.37. The van der Waals surface area contributed by atoms with Gasteiger partial charge in [-0.15, -0.1) is 0 Å². The van der Waals surface area contributed by atoms with Gasteiger partial charge in [0.15, 0.2) is 0 Å². The summed E-state index contributed by atoms with van der Waals surface area (Å²) in [5.74, 6) is -2.56. The Labute approximate surface area is 216 Å². The number of rotatable bonds is 10. The molecule has 1 aliphatic heterocycles. The minimum Gasteiger partial charge on any atom is -0.492 e. The zero-order valence-corrected chi connectivity index (χ0v) is 22.3. The van der Waals surface area contributed by atoms with Crippen molar-refractivity contribution in [2.45, 2.75) is 31.6 Å². The van der Waals surface area contributed by atoms with E-state index in [2.05, 4.69) is 0 Å². The standard InChI is InChI=1S/C26H33FN2O7S/c1-17(2)15-29(23-7-5-19(13-22(23)27)25(30)28(3)4)37(33,34)20-6-8-24(21(14-20)26(31)32)36-16-18-9-11-35-12-10-18/h5-8,13-14,17-18H,9-12,15-16H2,1-4H3,(H,31,32). The number of aromatic carboxylic acids is 1. The van der Waals surface area contributed by atoms with Gasteiger partial charge >= 0.3 is 5.97 Å². The van der Waals surface area contributed by atoms with E-state index in [1.165, 1.54) is 43.3 Å². The maximum atomic E-state index is 15.2. The van der Waals surface area contributed by atoms with E-state index in [-0.39, 0.29) is 45.8 Å². The van der Waals surface area contributed by atoms with Gasteiger partial charge in [-0.1, -0.05) is 13.8 Å². The summed E-state index contributed by atoms with van der Waals surface area (Å²) in [4.78, 5) is 25.2. The summed E-state index contributed by atoms with van der Waals surface area (Å²) >= 11 is 0. The zero-order chi connectivity index (χ0) is 27.3. The molecule has 0 aliphatic carbocycles. The molecule has 0 aromatic heterocycles. The summed E-state index contributed by atoms with van der Waals surface area (Å²) in [6.07, 6.45) is 1.59. The molecule has 0 atom stereocenters. The van der Waals surface area contributed by atoms with Crippen LogP contribution in [0.3, 0.4) is 0 Å². The Kier molecular flexibility index (Phi) is 9.14. The molecule has 2 aromatic carbocycles. The number of anilines is 1. The van der Waals surface area contributed by atoms with E-state index >= 15 is 4.39 Å². The average molecular weight is 537 g/mol. The zero-order valence-electron chi connectivity index (χ0n) is 21.4. The normalized spacial score (nSPS) is 14.4. The molecule has 11 heteroatoms. The first-order valence-corrected chi connectivity index (χ1v) is 13.5. The molecule has 1 N–H and O–H groups in total. The molecule has 1 aliphatic rings. The highest BCUT2D eigenvalue weighted by Gasteiger charge is 2.30. The third kappa shape index (κ3) is 6.78. The molecule has 1 heterocycles. The highest BCUT2D eigenvalue weighted by molar-refractivity contribution is 7.92. The van der Waals surface area contributed by atoms with Crippen LogP contribution in [0.2, 0.25) is 0 Å². The number of carbonyl (C=O) groups is 2. The van der Waals surface area contributed by atoms with Crippen molar-refractivity contribution in [2.75, 3.05) is 44.8 Å². The van der Waals surface area contributed by atoms with E-state index in [0.29, 0.717) is 19.8 Å². The Morgan fingerprint density at radius 3 is 2.38 bits per heavy atom. The van der Waals surface area contributed by atoms with E-state index in [1.807, 2.05) is 0 Å². The van der Waals surface area contributed by atoms with E-state index < -0.39 is 27.7 Å². The van der Waals surface area contributed by atoms with Crippen molar-refractivity contribution in [3.05, 3.63) is 53.3 Å². The monoisotopic (exact) mass is 536 g/mol. The predicted octanol–water partition coefficient (Wildman–Crippen LogP) is 3.88. The molecule has 9 nitrogen and oxygen atoms in total. The van der Waals surface area contributed by atoms with Crippen LogP contribution in [0.15, 0.2) is 41.3 Å². The SMILES string of the molecule is CC(C)CN(c1ccc(C(=O)N(C)C)cc1F)S(=O)(=O)c1ccc(OCC2CCOCC2)c(C(=O)O)c1. The first kappa shape index (κ1) is 28.4. The molecule has 0 saturated carbocycles. The molecule has 0 unspecified atom stereocenters. The van der Waals surface area contributed by atoms with Gasteiger partial charge in [0.25, 0.3) is 15.9 Å². The van der Waals surface area contributed by atoms with Crippen LogP contribution >= 0.6 is 0 Å². The topological polar surface area (TPSA) is 113 Å². The fourth-order valence-electron chi connectivity index (χ4n) is 3.97. The molecule has 1 fully saturated rings. The molecule has 0 spiro atoms. The van der Waals surface area contributed by atoms with Crippen molar-refractivity contribution in [3.8, 4) is 5.75 Å². The number of sulfonamides is 1. The lowest BCUT2D eigenvalue weighted by atomic mass is 10.0. The molecule has 0 radical (unpaired) electrons. The predicted molar refractivity (Wildman–Crippen MR) is 136 cm³/mol. The van der Waals surface area contributed by atoms with Crippen LogP contribution in [0.25, 0.3) is 0 Å². The Bertz CT molecular complexity index is 1240. The van der Waals surface area contributed by atoms with E-state index in [9.17, 15) is 23.1 Å².